The molecule has 0 unspecified atom stereocenters. The summed E-state index contributed by atoms with van der Waals surface area (Å²) in [6.07, 6.45) is 0.762. The molecule has 0 spiro atoms. The van der Waals surface area contributed by atoms with Gasteiger partial charge in [0.15, 0.2) is 15.5 Å². The summed E-state index contributed by atoms with van der Waals surface area (Å²) in [5, 5.41) is 2.92. The summed E-state index contributed by atoms with van der Waals surface area (Å²) in [4.78, 5) is 24.6. The minimum atomic E-state index is -0.618. The molecule has 23 heavy (non-hydrogen) atoms. The molecule has 8 heteroatoms. The molecular formula is C15H16N4O3S. The number of hydrogen-bond acceptors (Lipinski definition) is 7. The zero-order valence-electron chi connectivity index (χ0n) is 12.9. The van der Waals surface area contributed by atoms with E-state index in [0.717, 1.165) is 0 Å². The number of anilines is 1. The fourth-order valence-electron chi connectivity index (χ4n) is 1.65. The Bertz CT molecular complexity index is 777. The molecule has 0 radical (unpaired) electrons. The number of ether oxygens (including phenoxy) is 2. The second-order valence-corrected chi connectivity index (χ2v) is 4.86. The third-order valence-electron chi connectivity index (χ3n) is 2.52. The molecule has 0 bridgehead atoms. The minimum Gasteiger partial charge on any atom is -0.479 e. The number of carbonyl (C=O) groups is 1. The fourth-order valence-corrected chi connectivity index (χ4v) is 2.43. The van der Waals surface area contributed by atoms with Crippen LogP contribution < -0.4 is 14.8 Å². The SMILES string of the molecule is CC.COc1ncnc2sc(NC(=O)Oc3ccccc3)nc12. The van der Waals surface area contributed by atoms with Gasteiger partial charge >= 0.3 is 6.09 Å². The van der Waals surface area contributed by atoms with Crippen molar-refractivity contribution in [3.05, 3.63) is 36.7 Å². The Morgan fingerprint density at radius 2 is 1.91 bits per heavy atom. The summed E-state index contributed by atoms with van der Waals surface area (Å²) in [6.45, 7) is 4.00. The number of para-hydroxylation sites is 1. The summed E-state index contributed by atoms with van der Waals surface area (Å²) in [6, 6.07) is 8.77. The van der Waals surface area contributed by atoms with Gasteiger partial charge in [0.05, 0.1) is 7.11 Å². The number of thiazole rings is 1. The summed E-state index contributed by atoms with van der Waals surface area (Å²) in [5.41, 5.74) is 0.500. The quantitative estimate of drug-likeness (QED) is 0.786. The van der Waals surface area contributed by atoms with Gasteiger partial charge in [0.1, 0.15) is 12.1 Å². The Labute approximate surface area is 137 Å². The van der Waals surface area contributed by atoms with E-state index in [-0.39, 0.29) is 0 Å². The van der Waals surface area contributed by atoms with Crippen LogP contribution in [0.1, 0.15) is 13.8 Å². The molecule has 1 aromatic carbocycles. The van der Waals surface area contributed by atoms with E-state index >= 15 is 0 Å². The molecule has 1 amide bonds. The Morgan fingerprint density at radius 1 is 1.17 bits per heavy atom. The van der Waals surface area contributed by atoms with Crippen molar-refractivity contribution in [2.75, 3.05) is 12.4 Å². The largest absolute Gasteiger partial charge is 0.479 e. The molecule has 120 valence electrons. The van der Waals surface area contributed by atoms with Crippen LogP contribution in [0.25, 0.3) is 10.3 Å². The molecule has 3 aromatic rings. The smallest absolute Gasteiger partial charge is 0.418 e. The van der Waals surface area contributed by atoms with E-state index in [1.54, 1.807) is 24.3 Å². The van der Waals surface area contributed by atoms with Gasteiger partial charge in [-0.3, -0.25) is 5.32 Å². The Hall–Kier alpha value is -2.74. The Balaban J connectivity index is 0.000000924. The number of fused-ring (bicyclic) bond motifs is 1. The fraction of sp³-hybridized carbons (Fsp3) is 0.200. The Morgan fingerprint density at radius 3 is 2.61 bits per heavy atom. The van der Waals surface area contributed by atoms with Gasteiger partial charge in [-0.05, 0) is 12.1 Å². The molecule has 1 N–H and O–H groups in total. The van der Waals surface area contributed by atoms with Gasteiger partial charge < -0.3 is 9.47 Å². The van der Waals surface area contributed by atoms with Crippen LogP contribution in [-0.2, 0) is 0 Å². The maximum Gasteiger partial charge on any atom is 0.418 e. The highest BCUT2D eigenvalue weighted by molar-refractivity contribution is 7.22. The van der Waals surface area contributed by atoms with E-state index in [1.165, 1.54) is 24.8 Å². The molecule has 2 aromatic heterocycles. The first kappa shape index (κ1) is 16.6. The first-order chi connectivity index (χ1) is 11.3. The maximum absolute atomic E-state index is 11.8. The molecule has 0 saturated carbocycles. The van der Waals surface area contributed by atoms with Crippen LogP contribution in [0.4, 0.5) is 9.93 Å². The van der Waals surface area contributed by atoms with Crippen LogP contribution in [0.5, 0.6) is 11.6 Å². The van der Waals surface area contributed by atoms with Gasteiger partial charge in [-0.25, -0.2) is 14.8 Å². The van der Waals surface area contributed by atoms with Crippen molar-refractivity contribution in [2.24, 2.45) is 0 Å². The molecular weight excluding hydrogens is 316 g/mol. The summed E-state index contributed by atoms with van der Waals surface area (Å²) in [7, 11) is 1.50. The molecule has 2 heterocycles. The highest BCUT2D eigenvalue weighted by atomic mass is 32.1. The number of aromatic nitrogens is 3. The topological polar surface area (TPSA) is 86.2 Å². The monoisotopic (exact) mass is 332 g/mol. The number of rotatable bonds is 3. The molecule has 3 rings (SSSR count). The standard InChI is InChI=1S/C13H10N4O3S.C2H6/c1-19-10-9-11(15-7-14-10)21-12(16-9)17-13(18)20-8-5-3-2-4-6-8;1-2/h2-7H,1H3,(H,16,17,18);1-2H3. The van der Waals surface area contributed by atoms with Crippen molar-refractivity contribution < 1.29 is 14.3 Å². The lowest BCUT2D eigenvalue weighted by molar-refractivity contribution is 0.215. The predicted molar refractivity (Wildman–Crippen MR) is 89.2 cm³/mol. The van der Waals surface area contributed by atoms with E-state index in [0.29, 0.717) is 27.1 Å². The second kappa shape index (κ2) is 8.04. The van der Waals surface area contributed by atoms with Gasteiger partial charge in [0.25, 0.3) is 0 Å². The number of amides is 1. The first-order valence-electron chi connectivity index (χ1n) is 6.95. The first-order valence-corrected chi connectivity index (χ1v) is 7.77. The second-order valence-electron chi connectivity index (χ2n) is 3.88. The van der Waals surface area contributed by atoms with E-state index < -0.39 is 6.09 Å². The average Bonchev–Trinajstić information content (AvgIpc) is 2.99. The van der Waals surface area contributed by atoms with Crippen molar-refractivity contribution in [3.8, 4) is 11.6 Å². The van der Waals surface area contributed by atoms with Crippen molar-refractivity contribution in [1.29, 1.82) is 0 Å². The van der Waals surface area contributed by atoms with Crippen LogP contribution in [0.15, 0.2) is 36.7 Å². The molecule has 0 aliphatic heterocycles. The van der Waals surface area contributed by atoms with Gasteiger partial charge in [0.2, 0.25) is 5.88 Å². The van der Waals surface area contributed by atoms with E-state index in [9.17, 15) is 4.79 Å². The van der Waals surface area contributed by atoms with Crippen LogP contribution >= 0.6 is 11.3 Å². The Kier molecular flexibility index (Phi) is 5.81. The van der Waals surface area contributed by atoms with Gasteiger partial charge in [0, 0.05) is 0 Å². The van der Waals surface area contributed by atoms with Crippen molar-refractivity contribution in [3.63, 3.8) is 0 Å². The van der Waals surface area contributed by atoms with Crippen LogP contribution in [0, 0.1) is 0 Å². The highest BCUT2D eigenvalue weighted by Gasteiger charge is 2.13. The number of benzene rings is 1. The maximum atomic E-state index is 11.8. The van der Waals surface area contributed by atoms with Crippen molar-refractivity contribution in [1.82, 2.24) is 15.0 Å². The lowest BCUT2D eigenvalue weighted by Crippen LogP contribution is -2.16. The molecule has 0 aliphatic rings. The third kappa shape index (κ3) is 4.13. The molecule has 0 fully saturated rings. The summed E-state index contributed by atoms with van der Waals surface area (Å²) < 4.78 is 10.2. The van der Waals surface area contributed by atoms with Crippen LogP contribution in [0.2, 0.25) is 0 Å². The zero-order chi connectivity index (χ0) is 16.7. The van der Waals surface area contributed by atoms with Gasteiger partial charge in [-0.15, -0.1) is 0 Å². The number of hydrogen-bond donors (Lipinski definition) is 1. The highest BCUT2D eigenvalue weighted by Crippen LogP contribution is 2.28. The average molecular weight is 332 g/mol. The van der Waals surface area contributed by atoms with E-state index in [1.807, 2.05) is 19.9 Å². The predicted octanol–water partition coefficient (Wildman–Crippen LogP) is 3.73. The van der Waals surface area contributed by atoms with Crippen molar-refractivity contribution in [2.45, 2.75) is 13.8 Å². The number of nitrogens with zero attached hydrogens (tertiary/aromatic N) is 3. The number of carbonyl (C=O) groups excluding carboxylic acids is 1. The van der Waals surface area contributed by atoms with Gasteiger partial charge in [-0.2, -0.15) is 4.98 Å². The lowest BCUT2D eigenvalue weighted by atomic mass is 10.3. The molecule has 0 saturated heterocycles. The molecule has 7 nitrogen and oxygen atoms in total. The van der Waals surface area contributed by atoms with E-state index in [4.69, 9.17) is 9.47 Å². The normalized spacial score (nSPS) is 9.70. The summed E-state index contributed by atoms with van der Waals surface area (Å²) in [5.74, 6) is 0.814. The zero-order valence-corrected chi connectivity index (χ0v) is 13.8. The third-order valence-corrected chi connectivity index (χ3v) is 3.40. The van der Waals surface area contributed by atoms with Crippen molar-refractivity contribution >= 4 is 32.9 Å². The minimum absolute atomic E-state index is 0.362. The van der Waals surface area contributed by atoms with Crippen LogP contribution in [0.3, 0.4) is 0 Å². The number of nitrogens with one attached hydrogen (secondary N) is 1. The molecule has 0 atom stereocenters. The van der Waals surface area contributed by atoms with Crippen LogP contribution in [-0.4, -0.2) is 28.2 Å². The summed E-state index contributed by atoms with van der Waals surface area (Å²) >= 11 is 1.21. The molecule has 0 aliphatic carbocycles. The van der Waals surface area contributed by atoms with E-state index in [2.05, 4.69) is 20.3 Å². The number of methoxy groups -OCH3 is 1. The lowest BCUT2D eigenvalue weighted by Gasteiger charge is -2.03. The van der Waals surface area contributed by atoms with Gasteiger partial charge in [-0.1, -0.05) is 43.4 Å².